The number of hydrogen-bond acceptors (Lipinski definition) is 0. The maximum Gasteiger partial charge on any atom is 0.117 e. The second kappa shape index (κ2) is 3.53. The number of hydrogen-bond donors (Lipinski definition) is 0. The highest BCUT2D eigenvalue weighted by Gasteiger charge is 2.24. The molecule has 6 rings (SSSR count). The maximum atomic E-state index is 2.41. The van der Waals surface area contributed by atoms with Gasteiger partial charge in [-0.2, -0.15) is 0 Å². The van der Waals surface area contributed by atoms with Gasteiger partial charge in [0.1, 0.15) is 5.39 Å². The number of rotatable bonds is 0. The monoisotopic (exact) mass is 277 g/mol. The van der Waals surface area contributed by atoms with Gasteiger partial charge in [0.25, 0.3) is 0 Å². The average Bonchev–Trinajstić information content (AvgIpc) is 2.90. The van der Waals surface area contributed by atoms with Gasteiger partial charge in [-0.05, 0) is 18.2 Å². The van der Waals surface area contributed by atoms with Crippen LogP contribution in [0.25, 0.3) is 49.2 Å². The highest BCUT2D eigenvalue weighted by molar-refractivity contribution is 6.29. The molecule has 0 saturated heterocycles. The van der Waals surface area contributed by atoms with Gasteiger partial charge in [-0.1, -0.05) is 36.4 Å². The summed E-state index contributed by atoms with van der Waals surface area (Å²) in [6.45, 7) is 0. The lowest BCUT2D eigenvalue weighted by Crippen LogP contribution is -2.05. The molecule has 0 atom stereocenters. The van der Waals surface area contributed by atoms with Crippen LogP contribution in [0.4, 0.5) is 0 Å². The Morgan fingerprint density at radius 1 is 0.727 bits per heavy atom. The second-order valence-electron chi connectivity index (χ2n) is 6.35. The largest absolute Gasteiger partial charge is 0.117 e. The van der Waals surface area contributed by atoms with Crippen molar-refractivity contribution in [3.63, 3.8) is 0 Å². The van der Waals surface area contributed by atoms with E-state index in [2.05, 4.69) is 66.7 Å². The molecule has 100 valence electrons. The van der Waals surface area contributed by atoms with Crippen molar-refractivity contribution in [2.75, 3.05) is 0 Å². The molecule has 1 aliphatic rings. The molecule has 5 aromatic carbocycles. The molecular formula is C22H13+. The van der Waals surface area contributed by atoms with Crippen LogP contribution < -0.4 is 5.22 Å². The zero-order valence-electron chi connectivity index (χ0n) is 12.1. The molecule has 0 aromatic heterocycles. The van der Waals surface area contributed by atoms with Gasteiger partial charge < -0.3 is 0 Å². The van der Waals surface area contributed by atoms with Gasteiger partial charge in [0.05, 0.1) is 21.7 Å². The van der Waals surface area contributed by atoms with Gasteiger partial charge in [0.2, 0.25) is 0 Å². The van der Waals surface area contributed by atoms with Crippen molar-refractivity contribution in [3.8, 4) is 0 Å². The number of fused-ring (bicyclic) bond motifs is 3. The van der Waals surface area contributed by atoms with E-state index < -0.39 is 0 Å². The molecule has 22 heavy (non-hydrogen) atoms. The standard InChI is InChI=1S/C22H13/c1-2-7-17-16(6-1)18-11-10-14-9-8-13-4-3-5-15-12-19(17)22(18)21(14)20(13)15/h1-9,11-12H,10H2/q+1. The van der Waals surface area contributed by atoms with E-state index in [1.165, 1.54) is 53.9 Å². The fourth-order valence-electron chi connectivity index (χ4n) is 4.39. The van der Waals surface area contributed by atoms with E-state index >= 15 is 0 Å². The van der Waals surface area contributed by atoms with Crippen molar-refractivity contribution in [1.29, 1.82) is 0 Å². The van der Waals surface area contributed by atoms with Gasteiger partial charge in [-0.15, -0.1) is 0 Å². The number of benzene rings is 4. The van der Waals surface area contributed by atoms with E-state index in [9.17, 15) is 0 Å². The third-order valence-electron chi connectivity index (χ3n) is 5.29. The van der Waals surface area contributed by atoms with Gasteiger partial charge in [-0.3, -0.25) is 0 Å². The van der Waals surface area contributed by atoms with Crippen LogP contribution in [0.1, 0.15) is 5.56 Å². The van der Waals surface area contributed by atoms with Crippen LogP contribution in [0.5, 0.6) is 0 Å². The van der Waals surface area contributed by atoms with Crippen molar-refractivity contribution in [3.05, 3.63) is 71.4 Å². The van der Waals surface area contributed by atoms with Gasteiger partial charge in [-0.25, -0.2) is 0 Å². The van der Waals surface area contributed by atoms with E-state index in [-0.39, 0.29) is 0 Å². The van der Waals surface area contributed by atoms with Crippen LogP contribution in [0.15, 0.2) is 60.7 Å². The molecule has 1 aliphatic carbocycles. The van der Waals surface area contributed by atoms with E-state index in [1.54, 1.807) is 0 Å². The van der Waals surface area contributed by atoms with Gasteiger partial charge >= 0.3 is 0 Å². The zero-order chi connectivity index (χ0) is 14.3. The molecule has 5 aromatic rings. The van der Waals surface area contributed by atoms with Crippen LogP contribution in [-0.2, 0) is 6.42 Å². The summed E-state index contributed by atoms with van der Waals surface area (Å²) in [7, 11) is 0. The van der Waals surface area contributed by atoms with Crippen molar-refractivity contribution in [2.24, 2.45) is 0 Å². The fourth-order valence-corrected chi connectivity index (χ4v) is 4.39. The lowest BCUT2D eigenvalue weighted by molar-refractivity contribution is 1.37. The van der Waals surface area contributed by atoms with Crippen molar-refractivity contribution in [1.82, 2.24) is 0 Å². The summed E-state index contributed by atoms with van der Waals surface area (Å²) in [4.78, 5) is 0. The smallest absolute Gasteiger partial charge is 0.0616 e. The minimum absolute atomic E-state index is 1.04. The first-order chi connectivity index (χ1) is 10.9. The lowest BCUT2D eigenvalue weighted by atomic mass is 9.89. The van der Waals surface area contributed by atoms with E-state index in [4.69, 9.17) is 0 Å². The van der Waals surface area contributed by atoms with Crippen LogP contribution in [0.3, 0.4) is 0 Å². The summed E-state index contributed by atoms with van der Waals surface area (Å²) in [6, 6.07) is 22.5. The van der Waals surface area contributed by atoms with Crippen LogP contribution >= 0.6 is 0 Å². The Labute approximate surface area is 127 Å². The van der Waals surface area contributed by atoms with Crippen LogP contribution in [0.2, 0.25) is 0 Å². The van der Waals surface area contributed by atoms with Gasteiger partial charge in [0, 0.05) is 45.3 Å². The third kappa shape index (κ3) is 1.11. The quantitative estimate of drug-likeness (QED) is 0.346. The first-order valence-corrected chi connectivity index (χ1v) is 7.86. The SMILES string of the molecule is C1=c2c3ccccc3c3cc4cccc5cc[c+](c(c23)c54)C1. The van der Waals surface area contributed by atoms with E-state index in [0.29, 0.717) is 0 Å². The Hall–Kier alpha value is -2.73. The summed E-state index contributed by atoms with van der Waals surface area (Å²) in [6.07, 6.45) is 3.46. The summed E-state index contributed by atoms with van der Waals surface area (Å²) in [5.41, 5.74) is 1.47. The molecule has 0 aliphatic heterocycles. The molecule has 0 fully saturated rings. The molecule has 0 bridgehead atoms. The Morgan fingerprint density at radius 2 is 1.59 bits per heavy atom. The molecular weight excluding hydrogens is 264 g/mol. The minimum atomic E-state index is 1.04. The summed E-state index contributed by atoms with van der Waals surface area (Å²) in [5.74, 6) is 0. The predicted molar refractivity (Wildman–Crippen MR) is 95.4 cm³/mol. The van der Waals surface area contributed by atoms with E-state index in [0.717, 1.165) is 6.42 Å². The van der Waals surface area contributed by atoms with Crippen molar-refractivity contribution < 1.29 is 0 Å². The van der Waals surface area contributed by atoms with Gasteiger partial charge in [0.15, 0.2) is 0 Å². The Balaban J connectivity index is 2.13. The van der Waals surface area contributed by atoms with Crippen LogP contribution in [-0.4, -0.2) is 0 Å². The van der Waals surface area contributed by atoms with Crippen molar-refractivity contribution in [2.45, 2.75) is 6.42 Å². The zero-order valence-corrected chi connectivity index (χ0v) is 12.1. The Bertz CT molecular complexity index is 1280. The van der Waals surface area contributed by atoms with E-state index in [1.807, 2.05) is 0 Å². The lowest BCUT2D eigenvalue weighted by Gasteiger charge is -2.07. The molecule has 0 radical (unpaired) electrons. The molecule has 0 spiro atoms. The topological polar surface area (TPSA) is 0 Å². The third-order valence-corrected chi connectivity index (χ3v) is 5.29. The summed E-state index contributed by atoms with van der Waals surface area (Å²) < 4.78 is 0. The average molecular weight is 277 g/mol. The molecule has 0 amide bonds. The highest BCUT2D eigenvalue weighted by Crippen LogP contribution is 2.39. The summed E-state index contributed by atoms with van der Waals surface area (Å²) >= 11 is 0. The minimum Gasteiger partial charge on any atom is -0.0616 e. The molecule has 0 N–H and O–H groups in total. The normalized spacial score (nSPS) is 13.6. The Kier molecular flexibility index (Phi) is 1.75. The molecule has 0 saturated carbocycles. The molecule has 0 nitrogen and oxygen atoms in total. The van der Waals surface area contributed by atoms with Crippen molar-refractivity contribution >= 4 is 49.2 Å². The maximum absolute atomic E-state index is 2.41. The van der Waals surface area contributed by atoms with Crippen LogP contribution in [0, 0.1) is 0 Å². The first kappa shape index (κ1) is 10.9. The molecule has 0 heteroatoms. The Morgan fingerprint density at radius 3 is 2.55 bits per heavy atom. The fraction of sp³-hybridized carbons (Fsp3) is 0.0455. The first-order valence-electron chi connectivity index (χ1n) is 7.86. The molecule has 0 unspecified atom stereocenters. The predicted octanol–water partition coefficient (Wildman–Crippen LogP) is 5.07. The second-order valence-corrected chi connectivity index (χ2v) is 6.35. The molecule has 0 heterocycles. The summed E-state index contributed by atoms with van der Waals surface area (Å²) in [5, 5.41) is 12.8. The highest BCUT2D eigenvalue weighted by atomic mass is 14.2.